The van der Waals surface area contributed by atoms with Gasteiger partial charge in [-0.05, 0) is 24.3 Å². The first kappa shape index (κ1) is 12.4. The smallest absolute Gasteiger partial charge is 0.313 e. The van der Waals surface area contributed by atoms with Gasteiger partial charge in [-0.25, -0.2) is 0 Å². The average Bonchev–Trinajstić information content (AvgIpc) is 2.16. The number of aliphatic carboxylic acids is 1. The molecule has 0 aromatic heterocycles. The SMILES string of the molecule is O=C(O)CSc1ccc(NC(=S)S)cc1. The lowest BCUT2D eigenvalue weighted by atomic mass is 10.3. The van der Waals surface area contributed by atoms with Crippen LogP contribution in [0.25, 0.3) is 0 Å². The molecule has 0 bridgehead atoms. The standard InChI is InChI=1S/C9H9NO2S3/c11-8(12)5-15-7-3-1-6(2-4-7)10-9(13)14/h1-4H,5H2,(H,11,12)(H2,10,13,14). The highest BCUT2D eigenvalue weighted by atomic mass is 32.2. The summed E-state index contributed by atoms with van der Waals surface area (Å²) in [5.74, 6) is -0.753. The number of rotatable bonds is 4. The number of thiocarbonyl (C=S) groups is 1. The first-order valence-electron chi connectivity index (χ1n) is 4.02. The number of thioether (sulfide) groups is 1. The van der Waals surface area contributed by atoms with Crippen LogP contribution in [-0.4, -0.2) is 21.1 Å². The van der Waals surface area contributed by atoms with E-state index in [2.05, 4.69) is 17.9 Å². The molecule has 0 aliphatic rings. The van der Waals surface area contributed by atoms with E-state index < -0.39 is 5.97 Å². The Balaban J connectivity index is 2.56. The summed E-state index contributed by atoms with van der Waals surface area (Å²) in [4.78, 5) is 11.2. The van der Waals surface area contributed by atoms with Crippen LogP contribution in [0.3, 0.4) is 0 Å². The maximum atomic E-state index is 10.3. The molecule has 0 saturated heterocycles. The lowest BCUT2D eigenvalue weighted by Crippen LogP contribution is -2.00. The minimum Gasteiger partial charge on any atom is -0.481 e. The number of carboxylic acids is 1. The highest BCUT2D eigenvalue weighted by Gasteiger charge is 1.99. The van der Waals surface area contributed by atoms with E-state index in [0.29, 0.717) is 4.32 Å². The zero-order valence-corrected chi connectivity index (χ0v) is 10.2. The van der Waals surface area contributed by atoms with Gasteiger partial charge >= 0.3 is 5.97 Å². The number of hydrogen-bond acceptors (Lipinski definition) is 3. The number of benzene rings is 1. The van der Waals surface area contributed by atoms with Crippen molar-refractivity contribution in [2.24, 2.45) is 0 Å². The fourth-order valence-electron chi connectivity index (χ4n) is 0.903. The van der Waals surface area contributed by atoms with Gasteiger partial charge in [-0.1, -0.05) is 12.2 Å². The highest BCUT2D eigenvalue weighted by Crippen LogP contribution is 2.20. The molecular formula is C9H9NO2S3. The monoisotopic (exact) mass is 259 g/mol. The van der Waals surface area contributed by atoms with Crippen LogP contribution in [0, 0.1) is 0 Å². The Morgan fingerprint density at radius 1 is 1.47 bits per heavy atom. The van der Waals surface area contributed by atoms with Gasteiger partial charge in [0.2, 0.25) is 0 Å². The van der Waals surface area contributed by atoms with E-state index in [1.165, 1.54) is 11.8 Å². The van der Waals surface area contributed by atoms with Gasteiger partial charge in [0, 0.05) is 10.6 Å². The maximum absolute atomic E-state index is 10.3. The number of anilines is 1. The fourth-order valence-corrected chi connectivity index (χ4v) is 1.77. The van der Waals surface area contributed by atoms with Crippen LogP contribution in [0.2, 0.25) is 0 Å². The Bertz CT molecular complexity index is 364. The van der Waals surface area contributed by atoms with Crippen LogP contribution in [-0.2, 0) is 4.79 Å². The molecule has 0 atom stereocenters. The molecule has 0 heterocycles. The predicted octanol–water partition coefficient (Wildman–Crippen LogP) is 2.49. The summed E-state index contributed by atoms with van der Waals surface area (Å²) < 4.78 is 0.404. The number of carboxylic acid groups (broad SMARTS) is 1. The van der Waals surface area contributed by atoms with Crippen LogP contribution in [0.4, 0.5) is 5.69 Å². The van der Waals surface area contributed by atoms with Crippen LogP contribution < -0.4 is 5.32 Å². The lowest BCUT2D eigenvalue weighted by Gasteiger charge is -2.04. The van der Waals surface area contributed by atoms with Gasteiger partial charge < -0.3 is 10.4 Å². The van der Waals surface area contributed by atoms with Crippen molar-refractivity contribution in [2.75, 3.05) is 11.1 Å². The molecule has 0 spiro atoms. The van der Waals surface area contributed by atoms with Crippen LogP contribution in [0.1, 0.15) is 0 Å². The molecule has 80 valence electrons. The summed E-state index contributed by atoms with van der Waals surface area (Å²) in [6, 6.07) is 7.32. The number of thiol groups is 1. The van der Waals surface area contributed by atoms with Crippen LogP contribution in [0.15, 0.2) is 29.2 Å². The maximum Gasteiger partial charge on any atom is 0.313 e. The normalized spacial score (nSPS) is 9.67. The van der Waals surface area contributed by atoms with E-state index in [1.54, 1.807) is 0 Å². The molecule has 0 radical (unpaired) electrons. The largest absolute Gasteiger partial charge is 0.481 e. The van der Waals surface area contributed by atoms with Gasteiger partial charge in [0.05, 0.1) is 5.75 Å². The van der Waals surface area contributed by atoms with Crippen molar-refractivity contribution in [3.8, 4) is 0 Å². The second-order valence-corrected chi connectivity index (χ2v) is 4.84. The summed E-state index contributed by atoms with van der Waals surface area (Å²) in [5, 5.41) is 11.4. The molecule has 6 heteroatoms. The quantitative estimate of drug-likeness (QED) is 0.440. The average molecular weight is 259 g/mol. The molecule has 2 N–H and O–H groups in total. The first-order valence-corrected chi connectivity index (χ1v) is 5.86. The third-order valence-electron chi connectivity index (χ3n) is 1.47. The summed E-state index contributed by atoms with van der Waals surface area (Å²) in [5.41, 5.74) is 0.842. The highest BCUT2D eigenvalue weighted by molar-refractivity contribution is 8.11. The topological polar surface area (TPSA) is 49.3 Å². The van der Waals surface area contributed by atoms with Gasteiger partial charge in [0.1, 0.15) is 4.32 Å². The summed E-state index contributed by atoms with van der Waals surface area (Å²) in [7, 11) is 0. The van der Waals surface area contributed by atoms with Crippen LogP contribution in [0.5, 0.6) is 0 Å². The Labute approximate surface area is 103 Å². The molecule has 0 fully saturated rings. The molecule has 0 aliphatic heterocycles. The van der Waals surface area contributed by atoms with E-state index in [-0.39, 0.29) is 5.75 Å². The van der Waals surface area contributed by atoms with E-state index in [9.17, 15) is 4.79 Å². The Morgan fingerprint density at radius 3 is 2.53 bits per heavy atom. The van der Waals surface area contributed by atoms with Crippen molar-refractivity contribution in [1.29, 1.82) is 0 Å². The molecular weight excluding hydrogens is 250 g/mol. The second-order valence-electron chi connectivity index (χ2n) is 2.64. The van der Waals surface area contributed by atoms with Crippen molar-refractivity contribution in [2.45, 2.75) is 4.90 Å². The van der Waals surface area contributed by atoms with Gasteiger partial charge in [-0.2, -0.15) is 0 Å². The summed E-state index contributed by atoms with van der Waals surface area (Å²) in [6.45, 7) is 0. The predicted molar refractivity (Wildman–Crippen MR) is 70.0 cm³/mol. The lowest BCUT2D eigenvalue weighted by molar-refractivity contribution is -0.133. The Kier molecular flexibility index (Phi) is 4.93. The van der Waals surface area contributed by atoms with E-state index in [4.69, 9.17) is 17.3 Å². The second kappa shape index (κ2) is 5.99. The summed E-state index contributed by atoms with van der Waals surface area (Å²) >= 11 is 9.98. The molecule has 0 aliphatic carbocycles. The van der Waals surface area contributed by atoms with Gasteiger partial charge in [0.25, 0.3) is 0 Å². The molecule has 0 saturated carbocycles. The molecule has 3 nitrogen and oxygen atoms in total. The van der Waals surface area contributed by atoms with Gasteiger partial charge in [-0.3, -0.25) is 4.79 Å². The third kappa shape index (κ3) is 5.06. The van der Waals surface area contributed by atoms with E-state index in [1.807, 2.05) is 24.3 Å². The number of carbonyl (C=O) groups is 1. The molecule has 0 unspecified atom stereocenters. The van der Waals surface area contributed by atoms with Crippen molar-refractivity contribution < 1.29 is 9.90 Å². The van der Waals surface area contributed by atoms with Crippen molar-refractivity contribution in [3.05, 3.63) is 24.3 Å². The van der Waals surface area contributed by atoms with Crippen LogP contribution >= 0.6 is 36.6 Å². The Hall–Kier alpha value is -0.720. The van der Waals surface area contributed by atoms with Crippen molar-refractivity contribution in [1.82, 2.24) is 0 Å². The van der Waals surface area contributed by atoms with Gasteiger partial charge in [0.15, 0.2) is 0 Å². The molecule has 0 amide bonds. The molecule has 1 aromatic rings. The summed E-state index contributed by atoms with van der Waals surface area (Å²) in [6.07, 6.45) is 0. The first-order chi connectivity index (χ1) is 7.08. The zero-order valence-electron chi connectivity index (χ0n) is 7.64. The minimum atomic E-state index is -0.821. The van der Waals surface area contributed by atoms with E-state index in [0.717, 1.165) is 10.6 Å². The molecule has 1 aromatic carbocycles. The van der Waals surface area contributed by atoms with Crippen molar-refractivity contribution in [3.63, 3.8) is 0 Å². The van der Waals surface area contributed by atoms with Gasteiger partial charge in [-0.15, -0.1) is 24.4 Å². The van der Waals surface area contributed by atoms with Crippen molar-refractivity contribution >= 4 is 52.6 Å². The van der Waals surface area contributed by atoms with E-state index >= 15 is 0 Å². The Morgan fingerprint density at radius 2 is 2.07 bits per heavy atom. The number of nitrogens with one attached hydrogen (secondary N) is 1. The number of hydrogen-bond donors (Lipinski definition) is 3. The zero-order chi connectivity index (χ0) is 11.3. The molecule has 1 rings (SSSR count). The minimum absolute atomic E-state index is 0.0672. The fraction of sp³-hybridized carbons (Fsp3) is 0.111. The molecule has 15 heavy (non-hydrogen) atoms. The third-order valence-corrected chi connectivity index (χ3v) is 2.68.